The minimum atomic E-state index is -0.709. The Labute approximate surface area is 80.9 Å². The number of allylic oxidation sites excluding steroid dienone is 3. The first-order chi connectivity index (χ1) is 6.50. The number of carbonyl (C=O) groups is 2. The highest BCUT2D eigenvalue weighted by atomic mass is 16.3. The quantitative estimate of drug-likeness (QED) is 0.514. The van der Waals surface area contributed by atoms with Crippen LogP contribution in [0.25, 0.3) is 0 Å². The summed E-state index contributed by atoms with van der Waals surface area (Å²) in [7, 11) is 0. The van der Waals surface area contributed by atoms with E-state index in [-0.39, 0.29) is 17.6 Å². The lowest BCUT2D eigenvalue weighted by molar-refractivity contribution is -0.120. The van der Waals surface area contributed by atoms with Gasteiger partial charge in [0, 0.05) is 5.57 Å². The van der Waals surface area contributed by atoms with Gasteiger partial charge in [-0.05, 0) is 13.3 Å². The molecule has 14 heavy (non-hydrogen) atoms. The van der Waals surface area contributed by atoms with E-state index in [1.165, 1.54) is 13.0 Å². The van der Waals surface area contributed by atoms with Crippen LogP contribution in [0.5, 0.6) is 0 Å². The lowest BCUT2D eigenvalue weighted by Crippen LogP contribution is -2.22. The van der Waals surface area contributed by atoms with Gasteiger partial charge in [0.1, 0.15) is 0 Å². The topological polar surface area (TPSA) is 74.6 Å². The molecule has 1 aliphatic rings. The molecule has 0 bridgehead atoms. The Balaban J connectivity index is 3.25. The number of hydrogen-bond donors (Lipinski definition) is 2. The molecule has 0 spiro atoms. The molecule has 4 nitrogen and oxygen atoms in total. The smallest absolute Gasteiger partial charge is 0.227 e. The summed E-state index contributed by atoms with van der Waals surface area (Å²) >= 11 is 0. The van der Waals surface area contributed by atoms with Crippen molar-refractivity contribution < 1.29 is 19.8 Å². The molecule has 2 N–H and O–H groups in total. The second kappa shape index (κ2) is 3.49. The van der Waals surface area contributed by atoms with Gasteiger partial charge in [0.15, 0.2) is 11.5 Å². The third kappa shape index (κ3) is 1.35. The summed E-state index contributed by atoms with van der Waals surface area (Å²) in [6.45, 7) is 4.67. The number of ketones is 2. The average molecular weight is 194 g/mol. The third-order valence-corrected chi connectivity index (χ3v) is 2.03. The molecule has 0 atom stereocenters. The summed E-state index contributed by atoms with van der Waals surface area (Å²) in [4.78, 5) is 22.6. The van der Waals surface area contributed by atoms with Gasteiger partial charge in [-0.2, -0.15) is 0 Å². The first-order valence-electron chi connectivity index (χ1n) is 4.03. The van der Waals surface area contributed by atoms with E-state index in [2.05, 4.69) is 6.58 Å². The zero-order valence-corrected chi connectivity index (χ0v) is 7.70. The van der Waals surface area contributed by atoms with Gasteiger partial charge in [-0.15, -0.1) is 6.58 Å². The molecule has 0 heterocycles. The van der Waals surface area contributed by atoms with Crippen molar-refractivity contribution in [2.75, 3.05) is 0 Å². The summed E-state index contributed by atoms with van der Waals surface area (Å²) in [5.74, 6) is -2.60. The Morgan fingerprint density at radius 2 is 1.79 bits per heavy atom. The van der Waals surface area contributed by atoms with Gasteiger partial charge in [0.25, 0.3) is 0 Å². The first kappa shape index (κ1) is 10.2. The molecular formula is C10H10O4. The van der Waals surface area contributed by atoms with Crippen molar-refractivity contribution in [3.8, 4) is 0 Å². The highest BCUT2D eigenvalue weighted by Gasteiger charge is 2.31. The van der Waals surface area contributed by atoms with E-state index < -0.39 is 23.1 Å². The standard InChI is InChI=1S/C10H10O4/c1-3-4-6-9(13)7(11)5(2)8(12)10(6)14/h3,11,14H,1,4H2,2H3. The molecule has 0 aliphatic heterocycles. The van der Waals surface area contributed by atoms with Crippen molar-refractivity contribution in [2.24, 2.45) is 0 Å². The van der Waals surface area contributed by atoms with Crippen molar-refractivity contribution in [1.82, 2.24) is 0 Å². The van der Waals surface area contributed by atoms with Crippen LogP contribution in [0, 0.1) is 0 Å². The van der Waals surface area contributed by atoms with E-state index in [4.69, 9.17) is 0 Å². The average Bonchev–Trinajstić information content (AvgIpc) is 2.19. The van der Waals surface area contributed by atoms with Crippen LogP contribution in [0.3, 0.4) is 0 Å². The summed E-state index contributed by atoms with van der Waals surface area (Å²) < 4.78 is 0. The van der Waals surface area contributed by atoms with Crippen molar-refractivity contribution in [1.29, 1.82) is 0 Å². The van der Waals surface area contributed by atoms with E-state index in [9.17, 15) is 19.8 Å². The van der Waals surface area contributed by atoms with Crippen LogP contribution in [0.15, 0.2) is 35.3 Å². The van der Waals surface area contributed by atoms with Crippen LogP contribution >= 0.6 is 0 Å². The maximum absolute atomic E-state index is 11.4. The van der Waals surface area contributed by atoms with E-state index in [1.54, 1.807) is 0 Å². The fourth-order valence-electron chi connectivity index (χ4n) is 1.18. The Kier molecular flexibility index (Phi) is 2.56. The third-order valence-electron chi connectivity index (χ3n) is 2.03. The van der Waals surface area contributed by atoms with Crippen molar-refractivity contribution in [3.05, 3.63) is 35.3 Å². The predicted molar refractivity (Wildman–Crippen MR) is 49.8 cm³/mol. The van der Waals surface area contributed by atoms with Crippen LogP contribution < -0.4 is 0 Å². The molecule has 4 heteroatoms. The predicted octanol–water partition coefficient (Wildman–Crippen LogP) is 1.36. The monoisotopic (exact) mass is 194 g/mol. The highest BCUT2D eigenvalue weighted by molar-refractivity contribution is 6.23. The molecule has 0 radical (unpaired) electrons. The molecule has 1 aliphatic carbocycles. The normalized spacial score (nSPS) is 17.8. The zero-order valence-electron chi connectivity index (χ0n) is 7.70. The molecule has 74 valence electrons. The minimum absolute atomic E-state index is 0.0632. The highest BCUT2D eigenvalue weighted by Crippen LogP contribution is 2.23. The van der Waals surface area contributed by atoms with E-state index in [0.29, 0.717) is 0 Å². The number of carbonyl (C=O) groups excluding carboxylic acids is 2. The number of Topliss-reactive ketones (excluding diaryl/α,β-unsaturated/α-hetero) is 2. The minimum Gasteiger partial charge on any atom is -0.504 e. The second-order valence-electron chi connectivity index (χ2n) is 2.95. The van der Waals surface area contributed by atoms with Gasteiger partial charge in [0.05, 0.1) is 5.57 Å². The number of aliphatic hydroxyl groups is 2. The number of rotatable bonds is 2. The lowest BCUT2D eigenvalue weighted by atomic mass is 9.92. The molecule has 0 amide bonds. The molecule has 0 aromatic rings. The van der Waals surface area contributed by atoms with E-state index in [1.807, 2.05) is 0 Å². The van der Waals surface area contributed by atoms with Crippen LogP contribution in [-0.4, -0.2) is 21.8 Å². The van der Waals surface area contributed by atoms with Crippen molar-refractivity contribution in [3.63, 3.8) is 0 Å². The summed E-state index contributed by atoms with van der Waals surface area (Å²) in [6.07, 6.45) is 1.44. The first-order valence-corrected chi connectivity index (χ1v) is 4.03. The maximum atomic E-state index is 11.4. The molecule has 0 fully saturated rings. The Morgan fingerprint density at radius 1 is 1.21 bits per heavy atom. The number of hydrogen-bond acceptors (Lipinski definition) is 4. The van der Waals surface area contributed by atoms with Crippen molar-refractivity contribution in [2.45, 2.75) is 13.3 Å². The molecule has 0 saturated heterocycles. The van der Waals surface area contributed by atoms with E-state index in [0.717, 1.165) is 0 Å². The lowest BCUT2D eigenvalue weighted by Gasteiger charge is -2.14. The van der Waals surface area contributed by atoms with Gasteiger partial charge >= 0.3 is 0 Å². The summed E-state index contributed by atoms with van der Waals surface area (Å²) in [6, 6.07) is 0. The molecule has 0 aromatic heterocycles. The van der Waals surface area contributed by atoms with Crippen molar-refractivity contribution >= 4 is 11.6 Å². The van der Waals surface area contributed by atoms with Gasteiger partial charge in [-0.25, -0.2) is 0 Å². The SMILES string of the molecule is C=CCC1=C(O)C(=O)C(C)=C(O)C1=O. The molecule has 0 saturated carbocycles. The Bertz CT molecular complexity index is 385. The number of aliphatic hydroxyl groups excluding tert-OH is 2. The Morgan fingerprint density at radius 3 is 2.29 bits per heavy atom. The second-order valence-corrected chi connectivity index (χ2v) is 2.95. The fraction of sp³-hybridized carbons (Fsp3) is 0.200. The maximum Gasteiger partial charge on any atom is 0.227 e. The van der Waals surface area contributed by atoms with Gasteiger partial charge in [0.2, 0.25) is 11.6 Å². The molecule has 0 aromatic carbocycles. The summed E-state index contributed by atoms with van der Waals surface area (Å²) in [5.41, 5.74) is -0.228. The van der Waals surface area contributed by atoms with E-state index >= 15 is 0 Å². The summed E-state index contributed by atoms with van der Waals surface area (Å²) in [5, 5.41) is 18.6. The van der Waals surface area contributed by atoms with Crippen LogP contribution in [0.2, 0.25) is 0 Å². The van der Waals surface area contributed by atoms with Crippen LogP contribution in [-0.2, 0) is 9.59 Å². The van der Waals surface area contributed by atoms with Gasteiger partial charge in [-0.3, -0.25) is 9.59 Å². The molecule has 0 unspecified atom stereocenters. The fourth-order valence-corrected chi connectivity index (χ4v) is 1.18. The largest absolute Gasteiger partial charge is 0.504 e. The zero-order chi connectivity index (χ0) is 10.9. The molecule has 1 rings (SSSR count). The van der Waals surface area contributed by atoms with Gasteiger partial charge in [-0.1, -0.05) is 6.08 Å². The molecular weight excluding hydrogens is 184 g/mol. The van der Waals surface area contributed by atoms with Crippen LogP contribution in [0.1, 0.15) is 13.3 Å². The van der Waals surface area contributed by atoms with Crippen LogP contribution in [0.4, 0.5) is 0 Å². The van der Waals surface area contributed by atoms with Gasteiger partial charge < -0.3 is 10.2 Å². The Hall–Kier alpha value is -1.84.